The van der Waals surface area contributed by atoms with Crippen molar-refractivity contribution < 1.29 is 9.15 Å². The van der Waals surface area contributed by atoms with E-state index in [1.807, 2.05) is 31.2 Å². The zero-order chi connectivity index (χ0) is 17.1. The van der Waals surface area contributed by atoms with Crippen LogP contribution in [0.3, 0.4) is 0 Å². The van der Waals surface area contributed by atoms with E-state index >= 15 is 0 Å². The Balaban J connectivity index is 2.15. The first-order valence-electron chi connectivity index (χ1n) is 8.49. The van der Waals surface area contributed by atoms with Gasteiger partial charge in [-0.05, 0) is 54.7 Å². The van der Waals surface area contributed by atoms with E-state index in [9.17, 15) is 4.79 Å². The zero-order valence-electron chi connectivity index (χ0n) is 14.4. The van der Waals surface area contributed by atoms with Crippen molar-refractivity contribution in [3.8, 4) is 16.9 Å². The first-order valence-corrected chi connectivity index (χ1v) is 8.49. The van der Waals surface area contributed by atoms with Gasteiger partial charge in [-0.3, -0.25) is 0 Å². The minimum Gasteiger partial charge on any atom is -0.494 e. The molecule has 0 saturated carbocycles. The molecule has 3 nitrogen and oxygen atoms in total. The van der Waals surface area contributed by atoms with Gasteiger partial charge in [-0.1, -0.05) is 32.0 Å². The van der Waals surface area contributed by atoms with Crippen LogP contribution in [-0.2, 0) is 12.8 Å². The third kappa shape index (κ3) is 3.07. The Morgan fingerprint density at radius 3 is 2.46 bits per heavy atom. The second-order valence-corrected chi connectivity index (χ2v) is 5.78. The fourth-order valence-electron chi connectivity index (χ4n) is 2.96. The Bertz CT molecular complexity index is 922. The lowest BCUT2D eigenvalue weighted by molar-refractivity contribution is 0.340. The molecule has 3 aromatic rings. The number of hydrogen-bond acceptors (Lipinski definition) is 3. The average molecular weight is 322 g/mol. The molecule has 0 aliphatic heterocycles. The van der Waals surface area contributed by atoms with Crippen molar-refractivity contribution in [3.05, 3.63) is 64.0 Å². The lowest BCUT2D eigenvalue weighted by Gasteiger charge is -2.10. The summed E-state index contributed by atoms with van der Waals surface area (Å²) >= 11 is 0. The summed E-state index contributed by atoms with van der Waals surface area (Å²) in [7, 11) is 0. The summed E-state index contributed by atoms with van der Waals surface area (Å²) in [5, 5.41) is 0.898. The highest BCUT2D eigenvalue weighted by molar-refractivity contribution is 5.83. The summed E-state index contributed by atoms with van der Waals surface area (Å²) in [6.45, 7) is 6.75. The average Bonchev–Trinajstić information content (AvgIpc) is 2.61. The van der Waals surface area contributed by atoms with Crippen LogP contribution in [0.4, 0.5) is 0 Å². The summed E-state index contributed by atoms with van der Waals surface area (Å²) in [6, 6.07) is 13.8. The van der Waals surface area contributed by atoms with E-state index in [4.69, 9.17) is 9.15 Å². The highest BCUT2D eigenvalue weighted by Gasteiger charge is 2.12. The maximum atomic E-state index is 12.5. The molecule has 0 aliphatic rings. The van der Waals surface area contributed by atoms with Crippen molar-refractivity contribution in [2.45, 2.75) is 33.6 Å². The summed E-state index contributed by atoms with van der Waals surface area (Å²) in [4.78, 5) is 12.5. The Labute approximate surface area is 141 Å². The summed E-state index contributed by atoms with van der Waals surface area (Å²) < 4.78 is 11.0. The van der Waals surface area contributed by atoms with Crippen molar-refractivity contribution in [2.24, 2.45) is 0 Å². The maximum Gasteiger partial charge on any atom is 0.344 e. The van der Waals surface area contributed by atoms with Crippen LogP contribution in [0.15, 0.2) is 51.7 Å². The first-order chi connectivity index (χ1) is 11.7. The molecule has 0 atom stereocenters. The van der Waals surface area contributed by atoms with Gasteiger partial charge in [0.05, 0.1) is 12.2 Å². The van der Waals surface area contributed by atoms with E-state index < -0.39 is 0 Å². The summed E-state index contributed by atoms with van der Waals surface area (Å²) in [6.07, 6.45) is 1.86. The second-order valence-electron chi connectivity index (χ2n) is 5.78. The number of hydrogen-bond donors (Lipinski definition) is 0. The van der Waals surface area contributed by atoms with E-state index in [1.165, 1.54) is 11.1 Å². The molecular formula is C21H22O3. The molecule has 0 N–H and O–H groups in total. The maximum absolute atomic E-state index is 12.5. The third-order valence-electron chi connectivity index (χ3n) is 4.27. The standard InChI is InChI=1S/C21H22O3/c1-4-14-7-10-18(15(5-2)11-14)19-12-16-8-9-17(23-6-3)13-20(16)24-21(19)22/h7-13H,4-6H2,1-3H3. The fraction of sp³-hybridized carbons (Fsp3) is 0.286. The van der Waals surface area contributed by atoms with E-state index in [1.54, 1.807) is 6.07 Å². The van der Waals surface area contributed by atoms with E-state index in [0.717, 1.165) is 23.8 Å². The van der Waals surface area contributed by atoms with Gasteiger partial charge >= 0.3 is 5.63 Å². The molecule has 124 valence electrons. The van der Waals surface area contributed by atoms with Crippen LogP contribution < -0.4 is 10.4 Å². The molecule has 0 radical (unpaired) electrons. The second kappa shape index (κ2) is 6.91. The highest BCUT2D eigenvalue weighted by atomic mass is 16.5. The van der Waals surface area contributed by atoms with Crippen LogP contribution in [0.5, 0.6) is 5.75 Å². The first kappa shape index (κ1) is 16.3. The van der Waals surface area contributed by atoms with Gasteiger partial charge in [0.15, 0.2) is 0 Å². The SMILES string of the molecule is CCOc1ccc2cc(-c3ccc(CC)cc3CC)c(=O)oc2c1. The van der Waals surface area contributed by atoms with Gasteiger partial charge in [0.1, 0.15) is 11.3 Å². The molecule has 1 heterocycles. The van der Waals surface area contributed by atoms with Crippen LogP contribution >= 0.6 is 0 Å². The predicted octanol–water partition coefficient (Wildman–Crippen LogP) is 4.98. The van der Waals surface area contributed by atoms with E-state index in [0.29, 0.717) is 23.5 Å². The largest absolute Gasteiger partial charge is 0.494 e. The molecule has 0 saturated heterocycles. The molecule has 0 amide bonds. The molecule has 0 aliphatic carbocycles. The van der Waals surface area contributed by atoms with Crippen molar-refractivity contribution in [3.63, 3.8) is 0 Å². The van der Waals surface area contributed by atoms with Gasteiger partial charge in [-0.2, -0.15) is 0 Å². The predicted molar refractivity (Wildman–Crippen MR) is 97.8 cm³/mol. The topological polar surface area (TPSA) is 39.4 Å². The molecule has 0 spiro atoms. The molecule has 0 fully saturated rings. The minimum absolute atomic E-state index is 0.310. The smallest absolute Gasteiger partial charge is 0.344 e. The van der Waals surface area contributed by atoms with E-state index in [-0.39, 0.29) is 5.63 Å². The number of benzene rings is 2. The number of aryl methyl sites for hydroxylation is 2. The van der Waals surface area contributed by atoms with Crippen LogP contribution in [-0.4, -0.2) is 6.61 Å². The van der Waals surface area contributed by atoms with E-state index in [2.05, 4.69) is 26.0 Å². The molecule has 2 aromatic carbocycles. The van der Waals surface area contributed by atoms with Gasteiger partial charge in [0, 0.05) is 11.5 Å². The van der Waals surface area contributed by atoms with Crippen molar-refractivity contribution in [1.29, 1.82) is 0 Å². The van der Waals surface area contributed by atoms with Crippen LogP contribution in [0.2, 0.25) is 0 Å². The quantitative estimate of drug-likeness (QED) is 0.622. The lowest BCUT2D eigenvalue weighted by atomic mass is 9.95. The van der Waals surface area contributed by atoms with Gasteiger partial charge < -0.3 is 9.15 Å². The molecule has 3 heteroatoms. The normalized spacial score (nSPS) is 11.0. The highest BCUT2D eigenvalue weighted by Crippen LogP contribution is 2.27. The minimum atomic E-state index is -0.310. The Morgan fingerprint density at radius 2 is 1.75 bits per heavy atom. The van der Waals surface area contributed by atoms with Crippen LogP contribution in [0, 0.1) is 0 Å². The molecule has 3 rings (SSSR count). The molecule has 0 bridgehead atoms. The number of rotatable bonds is 5. The summed E-state index contributed by atoms with van der Waals surface area (Å²) in [5.41, 5.74) is 4.27. The Hall–Kier alpha value is -2.55. The zero-order valence-corrected chi connectivity index (χ0v) is 14.4. The van der Waals surface area contributed by atoms with Crippen molar-refractivity contribution in [2.75, 3.05) is 6.61 Å². The summed E-state index contributed by atoms with van der Waals surface area (Å²) in [5.74, 6) is 0.711. The van der Waals surface area contributed by atoms with Gasteiger partial charge in [-0.25, -0.2) is 4.79 Å². The van der Waals surface area contributed by atoms with Crippen LogP contribution in [0.1, 0.15) is 31.9 Å². The Kier molecular flexibility index (Phi) is 4.70. The molecular weight excluding hydrogens is 300 g/mol. The number of ether oxygens (including phenoxy) is 1. The van der Waals surface area contributed by atoms with Gasteiger partial charge in [-0.15, -0.1) is 0 Å². The monoisotopic (exact) mass is 322 g/mol. The molecule has 1 aromatic heterocycles. The third-order valence-corrected chi connectivity index (χ3v) is 4.27. The lowest BCUT2D eigenvalue weighted by Crippen LogP contribution is -2.05. The molecule has 0 unspecified atom stereocenters. The molecule has 24 heavy (non-hydrogen) atoms. The number of fused-ring (bicyclic) bond motifs is 1. The van der Waals surface area contributed by atoms with Gasteiger partial charge in [0.2, 0.25) is 0 Å². The van der Waals surface area contributed by atoms with Crippen molar-refractivity contribution >= 4 is 11.0 Å². The fourth-order valence-corrected chi connectivity index (χ4v) is 2.96. The van der Waals surface area contributed by atoms with Gasteiger partial charge in [0.25, 0.3) is 0 Å². The van der Waals surface area contributed by atoms with Crippen LogP contribution in [0.25, 0.3) is 22.1 Å². The Morgan fingerprint density at radius 1 is 0.917 bits per heavy atom. The van der Waals surface area contributed by atoms with Crippen molar-refractivity contribution in [1.82, 2.24) is 0 Å².